The van der Waals surface area contributed by atoms with Crippen LogP contribution in [0.25, 0.3) is 0 Å². The average Bonchev–Trinajstić information content (AvgIpc) is 2.34. The van der Waals surface area contributed by atoms with E-state index in [9.17, 15) is 4.39 Å². The molecule has 0 bridgehead atoms. The van der Waals surface area contributed by atoms with Crippen LogP contribution in [0, 0.1) is 5.82 Å². The molecule has 2 heterocycles. The topological polar surface area (TPSA) is 60.2 Å². The first-order valence-electron chi connectivity index (χ1n) is 5.08. The van der Waals surface area contributed by atoms with E-state index >= 15 is 0 Å². The maximum atomic E-state index is 13.6. The maximum Gasteiger partial charge on any atom is 0.146 e. The molecule has 0 radical (unpaired) electrons. The number of hydrogen-bond acceptors (Lipinski definition) is 5. The predicted octanol–water partition coefficient (Wildman–Crippen LogP) is 0.857. The van der Waals surface area contributed by atoms with E-state index in [0.29, 0.717) is 12.2 Å². The zero-order valence-electron chi connectivity index (χ0n) is 8.73. The highest BCUT2D eigenvalue weighted by Crippen LogP contribution is 2.26. The van der Waals surface area contributed by atoms with Gasteiger partial charge in [-0.05, 0) is 6.07 Å². The molecule has 1 aromatic heterocycles. The zero-order chi connectivity index (χ0) is 11.4. The van der Waals surface area contributed by atoms with Gasteiger partial charge in [0.25, 0.3) is 0 Å². The SMILES string of the molecule is NNC(c1ccncc1F)C1CSCCO1. The lowest BCUT2D eigenvalue weighted by Crippen LogP contribution is -2.41. The largest absolute Gasteiger partial charge is 0.374 e. The van der Waals surface area contributed by atoms with Crippen molar-refractivity contribution in [3.63, 3.8) is 0 Å². The summed E-state index contributed by atoms with van der Waals surface area (Å²) in [6.07, 6.45) is 2.65. The Morgan fingerprint density at radius 3 is 3.19 bits per heavy atom. The van der Waals surface area contributed by atoms with Gasteiger partial charge in [-0.1, -0.05) is 0 Å². The highest BCUT2D eigenvalue weighted by atomic mass is 32.2. The molecular formula is C10H14FN3OS. The molecule has 1 aliphatic rings. The van der Waals surface area contributed by atoms with Crippen LogP contribution < -0.4 is 11.3 Å². The van der Waals surface area contributed by atoms with Gasteiger partial charge < -0.3 is 4.74 Å². The molecule has 0 spiro atoms. The number of hydrazine groups is 1. The Morgan fingerprint density at radius 2 is 2.56 bits per heavy atom. The minimum absolute atomic E-state index is 0.0966. The summed E-state index contributed by atoms with van der Waals surface area (Å²) in [6.45, 7) is 0.681. The number of nitrogens with zero attached hydrogens (tertiary/aromatic N) is 1. The fraction of sp³-hybridized carbons (Fsp3) is 0.500. The number of halogens is 1. The van der Waals surface area contributed by atoms with Gasteiger partial charge in [-0.15, -0.1) is 0 Å². The standard InChI is InChI=1S/C10H14FN3OS/c11-8-5-13-2-1-7(8)10(14-12)9-6-16-4-3-15-9/h1-2,5,9-10,14H,3-4,6,12H2. The quantitative estimate of drug-likeness (QED) is 0.609. The predicted molar refractivity (Wildman–Crippen MR) is 61.3 cm³/mol. The van der Waals surface area contributed by atoms with Crippen LogP contribution in [0.3, 0.4) is 0 Å². The van der Waals surface area contributed by atoms with E-state index < -0.39 is 0 Å². The number of rotatable bonds is 3. The molecule has 0 saturated carbocycles. The van der Waals surface area contributed by atoms with Gasteiger partial charge in [0.05, 0.1) is 24.9 Å². The number of pyridine rings is 1. The second kappa shape index (κ2) is 5.58. The van der Waals surface area contributed by atoms with E-state index in [-0.39, 0.29) is 18.0 Å². The van der Waals surface area contributed by atoms with Crippen molar-refractivity contribution in [2.45, 2.75) is 12.1 Å². The van der Waals surface area contributed by atoms with Crippen molar-refractivity contribution in [1.82, 2.24) is 10.4 Å². The second-order valence-corrected chi connectivity index (χ2v) is 4.68. The first-order chi connectivity index (χ1) is 7.83. The van der Waals surface area contributed by atoms with Crippen molar-refractivity contribution in [2.75, 3.05) is 18.1 Å². The van der Waals surface area contributed by atoms with Crippen molar-refractivity contribution in [2.24, 2.45) is 5.84 Å². The fourth-order valence-electron chi connectivity index (χ4n) is 1.73. The van der Waals surface area contributed by atoms with E-state index in [2.05, 4.69) is 10.4 Å². The summed E-state index contributed by atoms with van der Waals surface area (Å²) >= 11 is 1.79. The van der Waals surface area contributed by atoms with Crippen LogP contribution in [0.1, 0.15) is 11.6 Å². The third-order valence-corrected chi connectivity index (χ3v) is 3.55. The van der Waals surface area contributed by atoms with Gasteiger partial charge in [0.2, 0.25) is 0 Å². The lowest BCUT2D eigenvalue weighted by molar-refractivity contribution is 0.0458. The zero-order valence-corrected chi connectivity index (χ0v) is 9.54. The van der Waals surface area contributed by atoms with E-state index in [1.165, 1.54) is 6.20 Å². The first-order valence-corrected chi connectivity index (χ1v) is 6.23. The highest BCUT2D eigenvalue weighted by molar-refractivity contribution is 7.99. The molecule has 0 aromatic carbocycles. The number of nitrogens with one attached hydrogen (secondary N) is 1. The normalized spacial score (nSPS) is 23.0. The van der Waals surface area contributed by atoms with Crippen LogP contribution in [-0.4, -0.2) is 29.2 Å². The molecule has 1 aliphatic heterocycles. The van der Waals surface area contributed by atoms with Crippen LogP contribution in [0.5, 0.6) is 0 Å². The Bertz CT molecular complexity index is 347. The van der Waals surface area contributed by atoms with E-state index in [1.54, 1.807) is 24.0 Å². The smallest absolute Gasteiger partial charge is 0.146 e. The molecule has 1 fully saturated rings. The van der Waals surface area contributed by atoms with Gasteiger partial charge in [0, 0.05) is 23.3 Å². The summed E-state index contributed by atoms with van der Waals surface area (Å²) < 4.78 is 19.2. The second-order valence-electron chi connectivity index (χ2n) is 3.53. The number of aromatic nitrogens is 1. The lowest BCUT2D eigenvalue weighted by Gasteiger charge is -2.30. The third kappa shape index (κ3) is 2.52. The minimum Gasteiger partial charge on any atom is -0.374 e. The van der Waals surface area contributed by atoms with Gasteiger partial charge >= 0.3 is 0 Å². The van der Waals surface area contributed by atoms with Crippen molar-refractivity contribution >= 4 is 11.8 Å². The Morgan fingerprint density at radius 1 is 1.69 bits per heavy atom. The molecule has 16 heavy (non-hydrogen) atoms. The first kappa shape index (κ1) is 11.8. The average molecular weight is 243 g/mol. The summed E-state index contributed by atoms with van der Waals surface area (Å²) in [5.41, 5.74) is 3.13. The molecule has 0 amide bonds. The molecule has 2 unspecified atom stereocenters. The van der Waals surface area contributed by atoms with Crippen LogP contribution in [0.4, 0.5) is 4.39 Å². The van der Waals surface area contributed by atoms with Crippen LogP contribution >= 0.6 is 11.8 Å². The van der Waals surface area contributed by atoms with Gasteiger partial charge in [0.1, 0.15) is 5.82 Å². The number of nitrogens with two attached hydrogens (primary N) is 1. The number of ether oxygens (including phenoxy) is 1. The fourth-order valence-corrected chi connectivity index (χ4v) is 2.64. The summed E-state index contributed by atoms with van der Waals surface area (Å²) in [4.78, 5) is 3.72. The molecular weight excluding hydrogens is 229 g/mol. The molecule has 3 N–H and O–H groups in total. The van der Waals surface area contributed by atoms with Gasteiger partial charge in [-0.2, -0.15) is 11.8 Å². The molecule has 2 atom stereocenters. The molecule has 0 aliphatic carbocycles. The van der Waals surface area contributed by atoms with Crippen LogP contribution in [0.15, 0.2) is 18.5 Å². The lowest BCUT2D eigenvalue weighted by atomic mass is 10.0. The van der Waals surface area contributed by atoms with E-state index in [4.69, 9.17) is 10.6 Å². The summed E-state index contributed by atoms with van der Waals surface area (Å²) in [5.74, 6) is 6.92. The third-order valence-electron chi connectivity index (χ3n) is 2.53. The van der Waals surface area contributed by atoms with Gasteiger partial charge in [-0.3, -0.25) is 16.3 Å². The minimum atomic E-state index is -0.357. The molecule has 1 aromatic rings. The molecule has 4 nitrogen and oxygen atoms in total. The number of hydrogen-bond donors (Lipinski definition) is 2. The Hall–Kier alpha value is -0.690. The van der Waals surface area contributed by atoms with E-state index in [0.717, 1.165) is 11.5 Å². The van der Waals surface area contributed by atoms with E-state index in [1.807, 2.05) is 0 Å². The Labute approximate surface area is 97.7 Å². The Kier molecular flexibility index (Phi) is 4.11. The van der Waals surface area contributed by atoms with Gasteiger partial charge in [-0.25, -0.2) is 4.39 Å². The Balaban J connectivity index is 2.18. The highest BCUT2D eigenvalue weighted by Gasteiger charge is 2.27. The summed E-state index contributed by atoms with van der Waals surface area (Å²) in [7, 11) is 0. The van der Waals surface area contributed by atoms with Crippen molar-refractivity contribution in [3.05, 3.63) is 29.8 Å². The summed E-state index contributed by atoms with van der Waals surface area (Å²) in [5, 5.41) is 0. The van der Waals surface area contributed by atoms with Crippen LogP contribution in [0.2, 0.25) is 0 Å². The molecule has 1 saturated heterocycles. The number of thioether (sulfide) groups is 1. The van der Waals surface area contributed by atoms with Crippen molar-refractivity contribution < 1.29 is 9.13 Å². The molecule has 2 rings (SSSR count). The van der Waals surface area contributed by atoms with Gasteiger partial charge in [0.15, 0.2) is 0 Å². The summed E-state index contributed by atoms with van der Waals surface area (Å²) in [6, 6.07) is 1.30. The molecule has 6 heteroatoms. The van der Waals surface area contributed by atoms with Crippen molar-refractivity contribution in [3.8, 4) is 0 Å². The molecule has 88 valence electrons. The van der Waals surface area contributed by atoms with Crippen molar-refractivity contribution in [1.29, 1.82) is 0 Å². The van der Waals surface area contributed by atoms with Crippen LogP contribution in [-0.2, 0) is 4.74 Å². The monoisotopic (exact) mass is 243 g/mol. The maximum absolute atomic E-state index is 13.6.